The van der Waals surface area contributed by atoms with Crippen LogP contribution in [0.15, 0.2) is 18.2 Å². The highest BCUT2D eigenvalue weighted by Crippen LogP contribution is 2.07. The van der Waals surface area contributed by atoms with Gasteiger partial charge in [-0.2, -0.15) is 0 Å². The van der Waals surface area contributed by atoms with Gasteiger partial charge in [0.15, 0.2) is 0 Å². The van der Waals surface area contributed by atoms with Gasteiger partial charge in [0.05, 0.1) is 0 Å². The summed E-state index contributed by atoms with van der Waals surface area (Å²) in [4.78, 5) is 0. The van der Waals surface area contributed by atoms with E-state index >= 15 is 0 Å². The van der Waals surface area contributed by atoms with Gasteiger partial charge in [0.25, 0.3) is 0 Å². The molecule has 14 heavy (non-hydrogen) atoms. The molecule has 0 saturated heterocycles. The maximum absolute atomic E-state index is 12.3. The summed E-state index contributed by atoms with van der Waals surface area (Å²) in [5.74, 6) is -0.155. The highest BCUT2D eigenvalue weighted by molar-refractivity contribution is 5.24. The van der Waals surface area contributed by atoms with Crippen molar-refractivity contribution in [3.05, 3.63) is 35.1 Å². The Kier molecular flexibility index (Phi) is 11.4. The fourth-order valence-electron chi connectivity index (χ4n) is 0.705. The van der Waals surface area contributed by atoms with Crippen molar-refractivity contribution in [1.29, 1.82) is 0 Å². The summed E-state index contributed by atoms with van der Waals surface area (Å²) >= 11 is 0. The minimum Gasteiger partial charge on any atom is -0.207 e. The second-order valence-corrected chi connectivity index (χ2v) is 2.94. The summed E-state index contributed by atoms with van der Waals surface area (Å²) in [5, 5.41) is 0. The molecule has 1 heteroatoms. The lowest BCUT2D eigenvalue weighted by atomic mass is 10.1. The first-order chi connectivity index (χ1) is 6.61. The van der Waals surface area contributed by atoms with Crippen LogP contribution in [0.3, 0.4) is 0 Å². The predicted octanol–water partition coefficient (Wildman–Crippen LogP) is 4.89. The van der Waals surface area contributed by atoms with Gasteiger partial charge >= 0.3 is 0 Å². The van der Waals surface area contributed by atoms with E-state index in [0.717, 1.165) is 11.1 Å². The minimum absolute atomic E-state index is 0.155. The van der Waals surface area contributed by atoms with Gasteiger partial charge in [-0.3, -0.25) is 0 Å². The molecule has 0 bridgehead atoms. The first kappa shape index (κ1) is 15.6. The number of aryl methyl sites for hydroxylation is 2. The van der Waals surface area contributed by atoms with E-state index in [-0.39, 0.29) is 5.82 Å². The van der Waals surface area contributed by atoms with Crippen LogP contribution in [0.5, 0.6) is 0 Å². The highest BCUT2D eigenvalue weighted by Gasteiger charge is 1.91. The van der Waals surface area contributed by atoms with E-state index in [0.29, 0.717) is 0 Å². The van der Waals surface area contributed by atoms with Crippen LogP contribution >= 0.6 is 0 Å². The van der Waals surface area contributed by atoms with Crippen molar-refractivity contribution in [2.75, 3.05) is 0 Å². The molecular weight excluding hydrogens is 175 g/mol. The molecule has 0 N–H and O–H groups in total. The first-order valence-electron chi connectivity index (χ1n) is 5.34. The van der Waals surface area contributed by atoms with Crippen LogP contribution in [-0.2, 0) is 0 Å². The van der Waals surface area contributed by atoms with Crippen LogP contribution in [0, 0.1) is 19.7 Å². The third-order valence-corrected chi connectivity index (χ3v) is 1.47. The summed E-state index contributed by atoms with van der Waals surface area (Å²) in [6, 6.07) is 4.79. The Labute approximate surface area is 88.2 Å². The number of rotatable bonds is 0. The average Bonchev–Trinajstić information content (AvgIpc) is 2.17. The Morgan fingerprint density at radius 1 is 1.00 bits per heavy atom. The lowest BCUT2D eigenvalue weighted by Gasteiger charge is -1.96. The summed E-state index contributed by atoms with van der Waals surface area (Å²) in [7, 11) is 0. The molecule has 82 valence electrons. The Morgan fingerprint density at radius 3 is 1.71 bits per heavy atom. The van der Waals surface area contributed by atoms with Gasteiger partial charge in [-0.25, -0.2) is 4.39 Å². The third-order valence-electron chi connectivity index (χ3n) is 1.47. The molecule has 0 saturated carbocycles. The average molecular weight is 198 g/mol. The Balaban J connectivity index is 0. The van der Waals surface area contributed by atoms with E-state index in [4.69, 9.17) is 0 Å². The van der Waals surface area contributed by atoms with E-state index in [1.54, 1.807) is 6.07 Å². The molecule has 0 aliphatic rings. The van der Waals surface area contributed by atoms with Crippen LogP contribution in [-0.4, -0.2) is 0 Å². The van der Waals surface area contributed by atoms with Gasteiger partial charge in [-0.05, 0) is 37.1 Å². The quantitative estimate of drug-likeness (QED) is 0.557. The zero-order valence-electron chi connectivity index (χ0n) is 10.3. The van der Waals surface area contributed by atoms with E-state index in [1.807, 2.05) is 27.7 Å². The maximum Gasteiger partial charge on any atom is 0.123 e. The van der Waals surface area contributed by atoms with E-state index < -0.39 is 0 Å². The van der Waals surface area contributed by atoms with Gasteiger partial charge < -0.3 is 0 Å². The molecule has 1 rings (SSSR count). The van der Waals surface area contributed by atoms with Gasteiger partial charge in [0.2, 0.25) is 0 Å². The zero-order valence-corrected chi connectivity index (χ0v) is 10.3. The second kappa shape index (κ2) is 10.2. The number of halogens is 1. The van der Waals surface area contributed by atoms with Crippen molar-refractivity contribution in [3.63, 3.8) is 0 Å². The van der Waals surface area contributed by atoms with Crippen LogP contribution in [0.4, 0.5) is 4.39 Å². The zero-order chi connectivity index (χ0) is 11.6. The fourth-order valence-corrected chi connectivity index (χ4v) is 0.705. The van der Waals surface area contributed by atoms with E-state index in [2.05, 4.69) is 13.8 Å². The maximum atomic E-state index is 12.3. The number of benzene rings is 1. The van der Waals surface area contributed by atoms with Crippen molar-refractivity contribution in [3.8, 4) is 0 Å². The Bertz CT molecular complexity index is 229. The molecule has 0 spiro atoms. The van der Waals surface area contributed by atoms with Crippen molar-refractivity contribution in [2.24, 2.45) is 0 Å². The first-order valence-corrected chi connectivity index (χ1v) is 5.34. The summed E-state index contributed by atoms with van der Waals surface area (Å²) < 4.78 is 12.3. The standard InChI is InChI=1S/C8H9F.C3H8.C2H6/c1-6-3-4-8(9)5-7(6)2;1-3-2;1-2/h3-5H,1-2H3;3H2,1-2H3;1-2H3. The predicted molar refractivity (Wildman–Crippen MR) is 63.2 cm³/mol. The van der Waals surface area contributed by atoms with Gasteiger partial charge in [-0.1, -0.05) is 40.2 Å². The number of hydrogen-bond acceptors (Lipinski definition) is 0. The molecule has 1 aromatic carbocycles. The van der Waals surface area contributed by atoms with Crippen molar-refractivity contribution < 1.29 is 4.39 Å². The second-order valence-electron chi connectivity index (χ2n) is 2.94. The van der Waals surface area contributed by atoms with Crippen molar-refractivity contribution in [1.82, 2.24) is 0 Å². The third kappa shape index (κ3) is 7.78. The fraction of sp³-hybridized carbons (Fsp3) is 0.538. The molecule has 0 amide bonds. The largest absolute Gasteiger partial charge is 0.207 e. The van der Waals surface area contributed by atoms with E-state index in [1.165, 1.54) is 18.6 Å². The molecule has 0 nitrogen and oxygen atoms in total. The SMILES string of the molecule is CC.CCC.Cc1ccc(F)cc1C. The lowest BCUT2D eigenvalue weighted by molar-refractivity contribution is 0.626. The molecule has 0 atom stereocenters. The topological polar surface area (TPSA) is 0 Å². The Hall–Kier alpha value is -0.850. The van der Waals surface area contributed by atoms with Crippen molar-refractivity contribution in [2.45, 2.75) is 48.0 Å². The summed E-state index contributed by atoms with van der Waals surface area (Å²) in [5.41, 5.74) is 2.14. The molecule has 1 aromatic rings. The molecular formula is C13H23F. The van der Waals surface area contributed by atoms with Gasteiger partial charge in [0.1, 0.15) is 5.82 Å². The smallest absolute Gasteiger partial charge is 0.123 e. The van der Waals surface area contributed by atoms with Gasteiger partial charge in [0, 0.05) is 0 Å². The highest BCUT2D eigenvalue weighted by atomic mass is 19.1. The monoisotopic (exact) mass is 198 g/mol. The summed E-state index contributed by atoms with van der Waals surface area (Å²) in [6.45, 7) is 12.1. The van der Waals surface area contributed by atoms with E-state index in [9.17, 15) is 4.39 Å². The summed E-state index contributed by atoms with van der Waals surface area (Å²) in [6.07, 6.45) is 1.25. The van der Waals surface area contributed by atoms with Crippen LogP contribution in [0.2, 0.25) is 0 Å². The van der Waals surface area contributed by atoms with Crippen LogP contribution in [0.1, 0.15) is 45.2 Å². The number of hydrogen-bond donors (Lipinski definition) is 0. The molecule has 0 aromatic heterocycles. The van der Waals surface area contributed by atoms with Gasteiger partial charge in [-0.15, -0.1) is 0 Å². The molecule has 0 unspecified atom stereocenters. The molecule has 0 heterocycles. The van der Waals surface area contributed by atoms with Crippen LogP contribution < -0.4 is 0 Å². The minimum atomic E-state index is -0.155. The van der Waals surface area contributed by atoms with Crippen molar-refractivity contribution >= 4 is 0 Å². The lowest BCUT2D eigenvalue weighted by Crippen LogP contribution is -1.80. The normalized spacial score (nSPS) is 7.93. The molecule has 0 aliphatic heterocycles. The molecule has 0 aliphatic carbocycles. The van der Waals surface area contributed by atoms with Crippen LogP contribution in [0.25, 0.3) is 0 Å². The molecule has 0 fully saturated rings. The molecule has 0 radical (unpaired) electrons. The Morgan fingerprint density at radius 2 is 1.43 bits per heavy atom.